The Morgan fingerprint density at radius 1 is 0.824 bits per heavy atom. The van der Waals surface area contributed by atoms with E-state index in [1.165, 1.54) is 23.5 Å². The highest BCUT2D eigenvalue weighted by atomic mass is 32.2. The number of aliphatic hydroxyl groups excluding tert-OH is 3. The fraction of sp³-hybridized carbons (Fsp3) is 0.778. The van der Waals surface area contributed by atoms with Crippen LogP contribution in [0.1, 0.15) is 0 Å². The molecule has 0 unspecified atom stereocenters. The molecule has 0 bridgehead atoms. The molecule has 3 N–H and O–H groups in total. The van der Waals surface area contributed by atoms with Crippen molar-refractivity contribution in [2.45, 2.75) is 4.77 Å². The molecule has 0 amide bonds. The van der Waals surface area contributed by atoms with E-state index in [9.17, 15) is 0 Å². The summed E-state index contributed by atoms with van der Waals surface area (Å²) in [5, 5.41) is 27.1. The van der Waals surface area contributed by atoms with Crippen LogP contribution in [0.3, 0.4) is 0 Å². The molecule has 1 aliphatic heterocycles. The normalized spacial score (nSPS) is 16.6. The standard InChI is InChI=1S/C9H16O6S2/c10-1-4-13-7-8(14-5-2-11)17-9(16-7)15-6-3-12/h9-12H,1-6H2. The molecule has 0 aromatic rings. The lowest BCUT2D eigenvalue weighted by Gasteiger charge is -2.08. The van der Waals surface area contributed by atoms with Gasteiger partial charge in [0.05, 0.1) is 26.4 Å². The van der Waals surface area contributed by atoms with Gasteiger partial charge in [-0.15, -0.1) is 0 Å². The van der Waals surface area contributed by atoms with E-state index in [0.29, 0.717) is 10.2 Å². The van der Waals surface area contributed by atoms with E-state index in [-0.39, 0.29) is 44.4 Å². The van der Waals surface area contributed by atoms with Crippen LogP contribution in [-0.2, 0) is 14.2 Å². The summed E-state index contributed by atoms with van der Waals surface area (Å²) in [7, 11) is 0. The number of aliphatic hydroxyl groups is 3. The zero-order valence-corrected chi connectivity index (χ0v) is 10.8. The summed E-state index contributed by atoms with van der Waals surface area (Å²) in [5.74, 6) is 0. The Kier molecular flexibility index (Phi) is 7.82. The summed E-state index contributed by atoms with van der Waals surface area (Å²) in [5.41, 5.74) is 0. The van der Waals surface area contributed by atoms with Crippen molar-refractivity contribution in [3.8, 4) is 0 Å². The molecule has 100 valence electrons. The van der Waals surface area contributed by atoms with Crippen molar-refractivity contribution in [3.63, 3.8) is 0 Å². The minimum Gasteiger partial charge on any atom is -0.481 e. The fourth-order valence-electron chi connectivity index (χ4n) is 0.975. The van der Waals surface area contributed by atoms with Gasteiger partial charge in [0.2, 0.25) is 10.2 Å². The Bertz CT molecular complexity index is 228. The van der Waals surface area contributed by atoms with E-state index in [1.807, 2.05) is 0 Å². The van der Waals surface area contributed by atoms with Gasteiger partial charge in [-0.25, -0.2) is 0 Å². The molecule has 0 saturated carbocycles. The zero-order chi connectivity index (χ0) is 12.5. The molecule has 1 heterocycles. The molecule has 0 aromatic heterocycles. The molecule has 0 aromatic carbocycles. The second-order valence-corrected chi connectivity index (χ2v) is 5.21. The quantitative estimate of drug-likeness (QED) is 0.541. The highest BCUT2D eigenvalue weighted by Gasteiger charge is 2.29. The van der Waals surface area contributed by atoms with Gasteiger partial charge in [-0.2, -0.15) is 0 Å². The predicted octanol–water partition coefficient (Wildman–Crippen LogP) is -0.0967. The van der Waals surface area contributed by atoms with Gasteiger partial charge in [-0.05, 0) is 23.5 Å². The average Bonchev–Trinajstić information content (AvgIpc) is 2.73. The maximum Gasteiger partial charge on any atom is 0.206 e. The summed E-state index contributed by atoms with van der Waals surface area (Å²) in [6.45, 7) is 0.403. The van der Waals surface area contributed by atoms with Crippen molar-refractivity contribution in [1.29, 1.82) is 0 Å². The maximum absolute atomic E-state index is 8.69. The lowest BCUT2D eigenvalue weighted by Crippen LogP contribution is -2.06. The van der Waals surface area contributed by atoms with Gasteiger partial charge in [-0.1, -0.05) is 0 Å². The molecule has 0 radical (unpaired) electrons. The van der Waals surface area contributed by atoms with E-state index in [1.54, 1.807) is 0 Å². The van der Waals surface area contributed by atoms with Gasteiger partial charge in [-0.3, -0.25) is 0 Å². The summed E-state index contributed by atoms with van der Waals surface area (Å²) < 4.78 is 15.7. The first-order valence-electron chi connectivity index (χ1n) is 5.09. The number of hydrogen-bond donors (Lipinski definition) is 3. The lowest BCUT2D eigenvalue weighted by molar-refractivity contribution is 0.111. The minimum atomic E-state index is -0.232. The summed E-state index contributed by atoms with van der Waals surface area (Å²) in [6, 6.07) is 0. The molecule has 0 atom stereocenters. The SMILES string of the molecule is OCCOC1=C(OCCO)SC(OCCO)S1. The summed E-state index contributed by atoms with van der Waals surface area (Å²) in [6.07, 6.45) is 0. The third kappa shape index (κ3) is 5.36. The van der Waals surface area contributed by atoms with Gasteiger partial charge in [0.15, 0.2) is 4.77 Å². The Morgan fingerprint density at radius 3 is 1.71 bits per heavy atom. The second kappa shape index (κ2) is 8.90. The van der Waals surface area contributed by atoms with Crippen LogP contribution in [0.4, 0.5) is 0 Å². The first-order valence-corrected chi connectivity index (χ1v) is 6.85. The van der Waals surface area contributed by atoms with Gasteiger partial charge < -0.3 is 29.5 Å². The van der Waals surface area contributed by atoms with Crippen molar-refractivity contribution in [2.24, 2.45) is 0 Å². The number of hydrogen-bond acceptors (Lipinski definition) is 8. The van der Waals surface area contributed by atoms with Crippen LogP contribution in [0.15, 0.2) is 10.2 Å². The number of rotatable bonds is 9. The Morgan fingerprint density at radius 2 is 1.29 bits per heavy atom. The van der Waals surface area contributed by atoms with Crippen molar-refractivity contribution in [3.05, 3.63) is 10.2 Å². The minimum absolute atomic E-state index is 0.0444. The Hall–Kier alpha value is -0.120. The van der Waals surface area contributed by atoms with Gasteiger partial charge in [0, 0.05) is 0 Å². The summed E-state index contributed by atoms with van der Waals surface area (Å²) in [4.78, 5) is 0. The van der Waals surface area contributed by atoms with Crippen LogP contribution in [0.2, 0.25) is 0 Å². The fourth-order valence-corrected chi connectivity index (χ4v) is 3.27. The molecule has 6 nitrogen and oxygen atoms in total. The molecular formula is C9H16O6S2. The molecular weight excluding hydrogens is 268 g/mol. The smallest absolute Gasteiger partial charge is 0.206 e. The van der Waals surface area contributed by atoms with Crippen LogP contribution >= 0.6 is 23.5 Å². The molecule has 0 aliphatic carbocycles. The lowest BCUT2D eigenvalue weighted by atomic mass is 10.8. The van der Waals surface area contributed by atoms with Crippen LogP contribution < -0.4 is 0 Å². The molecule has 8 heteroatoms. The topological polar surface area (TPSA) is 88.4 Å². The average molecular weight is 284 g/mol. The Balaban J connectivity index is 2.43. The van der Waals surface area contributed by atoms with Crippen molar-refractivity contribution in [1.82, 2.24) is 0 Å². The Labute approximate surface area is 108 Å². The van der Waals surface area contributed by atoms with E-state index >= 15 is 0 Å². The molecule has 0 fully saturated rings. The molecule has 0 saturated heterocycles. The number of ether oxygens (including phenoxy) is 3. The molecule has 0 spiro atoms. The monoisotopic (exact) mass is 284 g/mol. The first kappa shape index (κ1) is 14.9. The van der Waals surface area contributed by atoms with Crippen LogP contribution in [-0.4, -0.2) is 59.7 Å². The number of thioether (sulfide) groups is 2. The van der Waals surface area contributed by atoms with Crippen molar-refractivity contribution in [2.75, 3.05) is 39.6 Å². The van der Waals surface area contributed by atoms with Gasteiger partial charge in [0.25, 0.3) is 0 Å². The second-order valence-electron chi connectivity index (χ2n) is 2.84. The van der Waals surface area contributed by atoms with E-state index in [2.05, 4.69) is 0 Å². The summed E-state index contributed by atoms with van der Waals surface area (Å²) >= 11 is 2.64. The predicted molar refractivity (Wildman–Crippen MR) is 65.1 cm³/mol. The van der Waals surface area contributed by atoms with Gasteiger partial charge >= 0.3 is 0 Å². The zero-order valence-electron chi connectivity index (χ0n) is 9.20. The maximum atomic E-state index is 8.69. The third-order valence-corrected chi connectivity index (χ3v) is 3.97. The highest BCUT2D eigenvalue weighted by molar-refractivity contribution is 8.23. The van der Waals surface area contributed by atoms with E-state index in [4.69, 9.17) is 29.5 Å². The van der Waals surface area contributed by atoms with Crippen molar-refractivity contribution < 1.29 is 29.5 Å². The third-order valence-electron chi connectivity index (χ3n) is 1.57. The first-order chi connectivity index (χ1) is 8.31. The molecule has 1 aliphatic rings. The van der Waals surface area contributed by atoms with E-state index in [0.717, 1.165) is 0 Å². The largest absolute Gasteiger partial charge is 0.481 e. The highest BCUT2D eigenvalue weighted by Crippen LogP contribution is 2.47. The van der Waals surface area contributed by atoms with Crippen molar-refractivity contribution >= 4 is 23.5 Å². The molecule has 1 rings (SSSR count). The molecule has 17 heavy (non-hydrogen) atoms. The van der Waals surface area contributed by atoms with Crippen LogP contribution in [0.5, 0.6) is 0 Å². The van der Waals surface area contributed by atoms with Crippen LogP contribution in [0, 0.1) is 0 Å². The van der Waals surface area contributed by atoms with E-state index < -0.39 is 0 Å². The van der Waals surface area contributed by atoms with Crippen LogP contribution in [0.25, 0.3) is 0 Å². The van der Waals surface area contributed by atoms with Gasteiger partial charge in [0.1, 0.15) is 13.2 Å².